The summed E-state index contributed by atoms with van der Waals surface area (Å²) in [5.74, 6) is 0.673. The van der Waals surface area contributed by atoms with Crippen molar-refractivity contribution in [3.8, 4) is 0 Å². The summed E-state index contributed by atoms with van der Waals surface area (Å²) in [6, 6.07) is 0. The predicted octanol–water partition coefficient (Wildman–Crippen LogP) is 0.896. The molecule has 2 rings (SSSR count). The number of aliphatic hydroxyl groups is 1. The van der Waals surface area contributed by atoms with Gasteiger partial charge in [-0.3, -0.25) is 4.40 Å². The molecule has 2 aromatic heterocycles. The number of aromatic nitrogens is 3. The summed E-state index contributed by atoms with van der Waals surface area (Å²) in [5, 5.41) is 11.7. The molecule has 0 saturated heterocycles. The minimum absolute atomic E-state index is 0.0740. The van der Waals surface area contributed by atoms with Crippen molar-refractivity contribution in [1.82, 2.24) is 14.4 Å². The fourth-order valence-electron chi connectivity index (χ4n) is 1.19. The molecule has 14 heavy (non-hydrogen) atoms. The molecule has 0 aliphatic heterocycles. The summed E-state index contributed by atoms with van der Waals surface area (Å²) in [4.78, 5) is 8.31. The first-order valence-corrected chi connectivity index (χ1v) is 4.94. The van der Waals surface area contributed by atoms with Crippen LogP contribution in [-0.2, 0) is 0 Å². The van der Waals surface area contributed by atoms with E-state index in [4.69, 9.17) is 5.11 Å². The van der Waals surface area contributed by atoms with Crippen LogP contribution in [-0.4, -0.2) is 32.6 Å². The third kappa shape index (κ3) is 1.58. The zero-order valence-corrected chi connectivity index (χ0v) is 8.90. The van der Waals surface area contributed by atoms with Gasteiger partial charge >= 0.3 is 0 Å². The quantitative estimate of drug-likeness (QED) is 0.857. The maximum Gasteiger partial charge on any atom is 0.180 e. The zero-order chi connectivity index (χ0) is 9.97. The van der Waals surface area contributed by atoms with Gasteiger partial charge in [0.05, 0.1) is 12.8 Å². The molecular weight excluding hydrogens is 248 g/mol. The highest BCUT2D eigenvalue weighted by molar-refractivity contribution is 9.10. The first-order chi connectivity index (χ1) is 6.83. The molecule has 74 valence electrons. The molecule has 0 bridgehead atoms. The van der Waals surface area contributed by atoms with Gasteiger partial charge < -0.3 is 10.4 Å². The second-order valence-corrected chi connectivity index (χ2v) is 3.51. The minimum Gasteiger partial charge on any atom is -0.395 e. The van der Waals surface area contributed by atoms with Crippen molar-refractivity contribution in [3.63, 3.8) is 0 Å². The lowest BCUT2D eigenvalue weighted by atomic mass is 10.5. The van der Waals surface area contributed by atoms with Crippen LogP contribution in [0.2, 0.25) is 0 Å². The summed E-state index contributed by atoms with van der Waals surface area (Å²) in [6.45, 7) is 0.543. The largest absolute Gasteiger partial charge is 0.395 e. The van der Waals surface area contributed by atoms with Crippen LogP contribution in [0.3, 0.4) is 0 Å². The van der Waals surface area contributed by atoms with Gasteiger partial charge in [-0.25, -0.2) is 9.97 Å². The van der Waals surface area contributed by atoms with E-state index in [1.165, 1.54) is 0 Å². The molecule has 0 atom stereocenters. The van der Waals surface area contributed by atoms with Crippen LogP contribution in [0.5, 0.6) is 0 Å². The lowest BCUT2D eigenvalue weighted by Gasteiger charge is -2.04. The van der Waals surface area contributed by atoms with Gasteiger partial charge in [-0.15, -0.1) is 0 Å². The number of hydrogen-bond donors (Lipinski definition) is 2. The second kappa shape index (κ2) is 3.93. The first kappa shape index (κ1) is 9.42. The van der Waals surface area contributed by atoms with Gasteiger partial charge in [-0.1, -0.05) is 0 Å². The average molecular weight is 257 g/mol. The Bertz CT molecular complexity index is 442. The highest BCUT2D eigenvalue weighted by Gasteiger charge is 2.05. The van der Waals surface area contributed by atoms with Crippen LogP contribution >= 0.6 is 15.9 Å². The SMILES string of the molecule is OCCNc1nccn2c(Br)cnc12. The van der Waals surface area contributed by atoms with E-state index in [2.05, 4.69) is 31.2 Å². The van der Waals surface area contributed by atoms with E-state index in [1.54, 1.807) is 12.4 Å². The normalized spacial score (nSPS) is 10.7. The summed E-state index contributed by atoms with van der Waals surface area (Å²) < 4.78 is 2.74. The third-order valence-electron chi connectivity index (χ3n) is 1.79. The van der Waals surface area contributed by atoms with Crippen LogP contribution in [0.4, 0.5) is 5.82 Å². The Kier molecular flexibility index (Phi) is 2.64. The lowest BCUT2D eigenvalue weighted by Crippen LogP contribution is -2.08. The van der Waals surface area contributed by atoms with Gasteiger partial charge in [-0.05, 0) is 15.9 Å². The number of fused-ring (bicyclic) bond motifs is 1. The van der Waals surface area contributed by atoms with E-state index < -0.39 is 0 Å². The molecule has 0 amide bonds. The maximum absolute atomic E-state index is 8.68. The molecule has 2 heterocycles. The standard InChI is InChI=1S/C8H9BrN4O/c9-6-5-12-8-7(11-2-4-14)10-1-3-13(6)8/h1,3,5,14H,2,4H2,(H,10,11). The van der Waals surface area contributed by atoms with Crippen LogP contribution in [0.1, 0.15) is 0 Å². The molecule has 0 aliphatic carbocycles. The van der Waals surface area contributed by atoms with Crippen molar-refractivity contribution in [2.75, 3.05) is 18.5 Å². The van der Waals surface area contributed by atoms with Gasteiger partial charge in [0.25, 0.3) is 0 Å². The lowest BCUT2D eigenvalue weighted by molar-refractivity contribution is 0.311. The number of rotatable bonds is 3. The van der Waals surface area contributed by atoms with Crippen LogP contribution < -0.4 is 5.32 Å². The van der Waals surface area contributed by atoms with E-state index in [1.807, 2.05) is 10.6 Å². The maximum atomic E-state index is 8.68. The van der Waals surface area contributed by atoms with Crippen molar-refractivity contribution in [2.45, 2.75) is 0 Å². The smallest absolute Gasteiger partial charge is 0.180 e. The van der Waals surface area contributed by atoms with Crippen LogP contribution in [0.25, 0.3) is 5.65 Å². The van der Waals surface area contributed by atoms with Gasteiger partial charge in [0.15, 0.2) is 11.5 Å². The summed E-state index contributed by atoms with van der Waals surface area (Å²) in [6.07, 6.45) is 5.21. The molecule has 0 radical (unpaired) electrons. The average Bonchev–Trinajstić information content (AvgIpc) is 2.58. The van der Waals surface area contributed by atoms with Crippen molar-refractivity contribution in [1.29, 1.82) is 0 Å². The highest BCUT2D eigenvalue weighted by atomic mass is 79.9. The van der Waals surface area contributed by atoms with Crippen molar-refractivity contribution in [2.24, 2.45) is 0 Å². The second-order valence-electron chi connectivity index (χ2n) is 2.70. The molecule has 0 unspecified atom stereocenters. The third-order valence-corrected chi connectivity index (χ3v) is 2.37. The zero-order valence-electron chi connectivity index (χ0n) is 7.31. The molecule has 6 heteroatoms. The van der Waals surface area contributed by atoms with Gasteiger partial charge in [0.2, 0.25) is 0 Å². The topological polar surface area (TPSA) is 62.5 Å². The van der Waals surface area contributed by atoms with Crippen LogP contribution in [0, 0.1) is 0 Å². The van der Waals surface area contributed by atoms with Gasteiger partial charge in [0.1, 0.15) is 4.60 Å². The first-order valence-electron chi connectivity index (χ1n) is 4.15. The molecule has 0 aliphatic rings. The van der Waals surface area contributed by atoms with Crippen molar-refractivity contribution < 1.29 is 5.11 Å². The number of anilines is 1. The molecule has 0 fully saturated rings. The number of aliphatic hydroxyl groups excluding tert-OH is 1. The van der Waals surface area contributed by atoms with Gasteiger partial charge in [-0.2, -0.15) is 0 Å². The molecule has 2 aromatic rings. The number of nitrogens with one attached hydrogen (secondary N) is 1. The molecular formula is C8H9BrN4O. The molecule has 2 N–H and O–H groups in total. The molecule has 0 spiro atoms. The van der Waals surface area contributed by atoms with E-state index in [-0.39, 0.29) is 6.61 Å². The van der Waals surface area contributed by atoms with Crippen molar-refractivity contribution >= 4 is 27.4 Å². The number of halogens is 1. The Labute approximate surface area is 88.9 Å². The number of nitrogens with zero attached hydrogens (tertiary/aromatic N) is 3. The fraction of sp³-hybridized carbons (Fsp3) is 0.250. The van der Waals surface area contributed by atoms with Crippen molar-refractivity contribution in [3.05, 3.63) is 23.2 Å². The summed E-state index contributed by atoms with van der Waals surface area (Å²) in [7, 11) is 0. The Morgan fingerprint density at radius 2 is 2.36 bits per heavy atom. The number of imidazole rings is 1. The molecule has 0 saturated carbocycles. The van der Waals surface area contributed by atoms with E-state index >= 15 is 0 Å². The fourth-order valence-corrected chi connectivity index (χ4v) is 1.58. The Hall–Kier alpha value is -1.14. The molecule has 0 aromatic carbocycles. The van der Waals surface area contributed by atoms with E-state index in [0.29, 0.717) is 12.4 Å². The predicted molar refractivity (Wildman–Crippen MR) is 56.3 cm³/mol. The van der Waals surface area contributed by atoms with Crippen LogP contribution in [0.15, 0.2) is 23.2 Å². The minimum atomic E-state index is 0.0740. The summed E-state index contributed by atoms with van der Waals surface area (Å²) >= 11 is 3.36. The Balaban J connectivity index is 2.44. The van der Waals surface area contributed by atoms with E-state index in [0.717, 1.165) is 10.3 Å². The van der Waals surface area contributed by atoms with E-state index in [9.17, 15) is 0 Å². The number of hydrogen-bond acceptors (Lipinski definition) is 4. The highest BCUT2D eigenvalue weighted by Crippen LogP contribution is 2.17. The Morgan fingerprint density at radius 3 is 3.14 bits per heavy atom. The Morgan fingerprint density at radius 1 is 1.50 bits per heavy atom. The summed E-state index contributed by atoms with van der Waals surface area (Å²) in [5.41, 5.74) is 0.743. The van der Waals surface area contributed by atoms with Gasteiger partial charge in [0, 0.05) is 18.9 Å². The monoisotopic (exact) mass is 256 g/mol. The molecule has 5 nitrogen and oxygen atoms in total.